The molecule has 0 aromatic heterocycles. The Morgan fingerprint density at radius 2 is 1.69 bits per heavy atom. The highest BCUT2D eigenvalue weighted by Crippen LogP contribution is 2.39. The third-order valence-corrected chi connectivity index (χ3v) is 7.26. The Kier molecular flexibility index (Phi) is 4.77. The fourth-order valence-corrected chi connectivity index (χ4v) is 5.15. The van der Waals surface area contributed by atoms with E-state index in [9.17, 15) is 14.7 Å². The van der Waals surface area contributed by atoms with Crippen LogP contribution in [0.15, 0.2) is 18.2 Å². The molecule has 3 fully saturated rings. The molecule has 1 saturated heterocycles. The van der Waals surface area contributed by atoms with Gasteiger partial charge in [-0.25, -0.2) is 0 Å². The Morgan fingerprint density at radius 3 is 2.38 bits per heavy atom. The van der Waals surface area contributed by atoms with Gasteiger partial charge in [-0.05, 0) is 61.6 Å². The van der Waals surface area contributed by atoms with E-state index in [4.69, 9.17) is 4.74 Å². The summed E-state index contributed by atoms with van der Waals surface area (Å²) in [5.41, 5.74) is 1.61. The van der Waals surface area contributed by atoms with Gasteiger partial charge in [0.25, 0.3) is 5.91 Å². The third-order valence-electron chi connectivity index (χ3n) is 7.26. The Balaban J connectivity index is 1.12. The third kappa shape index (κ3) is 3.63. The van der Waals surface area contributed by atoms with Crippen LogP contribution in [0.4, 0.5) is 0 Å². The molecule has 2 aliphatic carbocycles. The molecule has 2 aliphatic heterocycles. The molecule has 1 aromatic rings. The smallest absolute Gasteiger partial charge is 0.254 e. The van der Waals surface area contributed by atoms with Crippen LogP contribution >= 0.6 is 0 Å². The quantitative estimate of drug-likeness (QED) is 0.847. The molecule has 1 N–H and O–H groups in total. The van der Waals surface area contributed by atoms with Gasteiger partial charge >= 0.3 is 0 Å². The monoisotopic (exact) mass is 398 g/mol. The van der Waals surface area contributed by atoms with E-state index >= 15 is 0 Å². The summed E-state index contributed by atoms with van der Waals surface area (Å²) in [7, 11) is 0. The van der Waals surface area contributed by atoms with Gasteiger partial charge in [0.2, 0.25) is 5.91 Å². The normalized spacial score (nSPS) is 27.9. The molecular weight excluding hydrogens is 368 g/mol. The summed E-state index contributed by atoms with van der Waals surface area (Å²) < 4.78 is 5.61. The standard InChI is InChI=1S/C23H30N2O4/c26-21(24-10-12-25(13-11-24)22(27)23(28)8-9-23)17-3-1-16(2-4-17)18-5-6-20-19(15-18)7-14-29-20/h5-6,15-17,28H,1-4,7-14H2. The number of hydrogen-bond donors (Lipinski definition) is 1. The number of ether oxygens (including phenoxy) is 1. The molecule has 2 heterocycles. The number of carbonyl (C=O) groups is 2. The highest BCUT2D eigenvalue weighted by molar-refractivity contribution is 5.88. The second-order valence-electron chi connectivity index (χ2n) is 9.16. The van der Waals surface area contributed by atoms with Gasteiger partial charge in [0, 0.05) is 38.5 Å². The number of rotatable bonds is 3. The Labute approximate surface area is 171 Å². The number of fused-ring (bicyclic) bond motifs is 1. The molecule has 6 heteroatoms. The topological polar surface area (TPSA) is 70.1 Å². The van der Waals surface area contributed by atoms with Gasteiger partial charge in [-0.3, -0.25) is 9.59 Å². The van der Waals surface area contributed by atoms with Crippen molar-refractivity contribution >= 4 is 11.8 Å². The number of hydrogen-bond acceptors (Lipinski definition) is 4. The van der Waals surface area contributed by atoms with Crippen molar-refractivity contribution in [2.24, 2.45) is 5.92 Å². The molecule has 2 saturated carbocycles. The number of carbonyl (C=O) groups excluding carboxylic acids is 2. The maximum absolute atomic E-state index is 13.0. The van der Waals surface area contributed by atoms with Crippen LogP contribution < -0.4 is 4.74 Å². The van der Waals surface area contributed by atoms with E-state index in [1.54, 1.807) is 4.90 Å². The molecule has 156 valence electrons. The average molecular weight is 399 g/mol. The number of amides is 2. The highest BCUT2D eigenvalue weighted by Gasteiger charge is 2.50. The van der Waals surface area contributed by atoms with E-state index in [-0.39, 0.29) is 17.7 Å². The summed E-state index contributed by atoms with van der Waals surface area (Å²) in [4.78, 5) is 28.9. The van der Waals surface area contributed by atoms with Gasteiger partial charge in [-0.15, -0.1) is 0 Å². The summed E-state index contributed by atoms with van der Waals surface area (Å²) in [5, 5.41) is 10.0. The minimum absolute atomic E-state index is 0.110. The van der Waals surface area contributed by atoms with Crippen LogP contribution in [0.1, 0.15) is 55.6 Å². The molecule has 6 nitrogen and oxygen atoms in total. The van der Waals surface area contributed by atoms with Crippen molar-refractivity contribution in [1.29, 1.82) is 0 Å². The van der Waals surface area contributed by atoms with Crippen LogP contribution in [-0.4, -0.2) is 65.1 Å². The molecule has 29 heavy (non-hydrogen) atoms. The Morgan fingerprint density at radius 1 is 1.00 bits per heavy atom. The second-order valence-corrected chi connectivity index (χ2v) is 9.16. The van der Waals surface area contributed by atoms with Crippen molar-refractivity contribution in [3.8, 4) is 5.75 Å². The Bertz CT molecular complexity index is 803. The molecule has 0 unspecified atom stereocenters. The molecule has 2 amide bonds. The first kappa shape index (κ1) is 18.9. The lowest BCUT2D eigenvalue weighted by atomic mass is 9.78. The first-order valence-electron chi connectivity index (χ1n) is 11.1. The zero-order chi connectivity index (χ0) is 20.0. The summed E-state index contributed by atoms with van der Waals surface area (Å²) in [6, 6.07) is 6.61. The number of aliphatic hydroxyl groups is 1. The van der Waals surface area contributed by atoms with Crippen molar-refractivity contribution in [2.75, 3.05) is 32.8 Å². The average Bonchev–Trinajstić information content (AvgIpc) is 3.34. The maximum atomic E-state index is 13.0. The van der Waals surface area contributed by atoms with Crippen molar-refractivity contribution in [3.05, 3.63) is 29.3 Å². The summed E-state index contributed by atoms with van der Waals surface area (Å²) in [6.45, 7) is 3.05. The Hall–Kier alpha value is -2.08. The van der Waals surface area contributed by atoms with Crippen LogP contribution in [-0.2, 0) is 16.0 Å². The highest BCUT2D eigenvalue weighted by atomic mass is 16.5. The van der Waals surface area contributed by atoms with Gasteiger partial charge < -0.3 is 19.6 Å². The maximum Gasteiger partial charge on any atom is 0.254 e. The second kappa shape index (κ2) is 7.31. The van der Waals surface area contributed by atoms with Gasteiger partial charge in [0.05, 0.1) is 6.61 Å². The summed E-state index contributed by atoms with van der Waals surface area (Å²) >= 11 is 0. The van der Waals surface area contributed by atoms with Crippen LogP contribution in [0.25, 0.3) is 0 Å². The van der Waals surface area contributed by atoms with Crippen molar-refractivity contribution in [3.63, 3.8) is 0 Å². The molecule has 1 aromatic carbocycles. The molecule has 4 aliphatic rings. The lowest BCUT2D eigenvalue weighted by Crippen LogP contribution is -2.54. The predicted molar refractivity (Wildman–Crippen MR) is 108 cm³/mol. The lowest BCUT2D eigenvalue weighted by molar-refractivity contribution is -0.148. The van der Waals surface area contributed by atoms with E-state index in [0.29, 0.717) is 44.9 Å². The minimum Gasteiger partial charge on any atom is -0.493 e. The predicted octanol–water partition coefficient (Wildman–Crippen LogP) is 2.09. The summed E-state index contributed by atoms with van der Waals surface area (Å²) in [6.07, 6.45) is 6.15. The van der Waals surface area contributed by atoms with Gasteiger partial charge in [-0.1, -0.05) is 12.1 Å². The number of benzene rings is 1. The molecule has 0 spiro atoms. The molecule has 0 bridgehead atoms. The molecule has 0 atom stereocenters. The fraction of sp³-hybridized carbons (Fsp3) is 0.652. The van der Waals surface area contributed by atoms with Gasteiger partial charge in [0.1, 0.15) is 11.4 Å². The van der Waals surface area contributed by atoms with Crippen LogP contribution in [0.2, 0.25) is 0 Å². The molecular formula is C23H30N2O4. The first-order valence-corrected chi connectivity index (χ1v) is 11.1. The van der Waals surface area contributed by atoms with E-state index in [1.807, 2.05) is 4.90 Å². The summed E-state index contributed by atoms with van der Waals surface area (Å²) in [5.74, 6) is 1.79. The van der Waals surface area contributed by atoms with Gasteiger partial charge in [0.15, 0.2) is 0 Å². The van der Waals surface area contributed by atoms with Crippen molar-refractivity contribution in [2.45, 2.75) is 56.5 Å². The number of nitrogens with zero attached hydrogens (tertiary/aromatic N) is 2. The minimum atomic E-state index is -1.10. The van der Waals surface area contributed by atoms with E-state index in [1.165, 1.54) is 11.1 Å². The first-order chi connectivity index (χ1) is 14.0. The fourth-order valence-electron chi connectivity index (χ4n) is 5.15. The van der Waals surface area contributed by atoms with Crippen LogP contribution in [0.5, 0.6) is 5.75 Å². The van der Waals surface area contributed by atoms with Crippen LogP contribution in [0.3, 0.4) is 0 Å². The molecule has 0 radical (unpaired) electrons. The molecule has 5 rings (SSSR count). The van der Waals surface area contributed by atoms with E-state index in [2.05, 4.69) is 18.2 Å². The van der Waals surface area contributed by atoms with Crippen molar-refractivity contribution < 1.29 is 19.4 Å². The lowest BCUT2D eigenvalue weighted by Gasteiger charge is -2.38. The largest absolute Gasteiger partial charge is 0.493 e. The zero-order valence-corrected chi connectivity index (χ0v) is 16.9. The van der Waals surface area contributed by atoms with Crippen molar-refractivity contribution in [1.82, 2.24) is 9.80 Å². The van der Waals surface area contributed by atoms with E-state index < -0.39 is 5.60 Å². The van der Waals surface area contributed by atoms with E-state index in [0.717, 1.165) is 44.5 Å². The van der Waals surface area contributed by atoms with Gasteiger partial charge in [-0.2, -0.15) is 0 Å². The zero-order valence-electron chi connectivity index (χ0n) is 16.9. The number of piperazine rings is 1. The van der Waals surface area contributed by atoms with Crippen LogP contribution in [0, 0.1) is 5.92 Å². The SMILES string of the molecule is O=C(C1CCC(c2ccc3c(c2)CCO3)CC1)N1CCN(C(=O)C2(O)CC2)CC1.